The highest BCUT2D eigenvalue weighted by atomic mass is 19.3. The summed E-state index contributed by atoms with van der Waals surface area (Å²) in [6, 6.07) is 3.50. The molecule has 0 aromatic heterocycles. The van der Waals surface area contributed by atoms with Crippen LogP contribution in [0, 0.1) is 34.9 Å². The smallest absolute Gasteiger partial charge is 0.387 e. The van der Waals surface area contributed by atoms with Crippen molar-refractivity contribution in [3.63, 3.8) is 0 Å². The Balaban J connectivity index is 1.98. The fourth-order valence-electron chi connectivity index (χ4n) is 3.40. The van der Waals surface area contributed by atoms with E-state index in [1.165, 1.54) is 0 Å². The molecule has 0 saturated carbocycles. The van der Waals surface area contributed by atoms with E-state index in [4.69, 9.17) is 0 Å². The van der Waals surface area contributed by atoms with Crippen LogP contribution in [-0.2, 0) is 24.4 Å². The molecule has 0 bridgehead atoms. The molecule has 0 atom stereocenters. The van der Waals surface area contributed by atoms with E-state index in [0.717, 1.165) is 12.1 Å². The summed E-state index contributed by atoms with van der Waals surface area (Å²) in [4.78, 5) is 0. The van der Waals surface area contributed by atoms with Crippen molar-refractivity contribution in [3.8, 4) is 22.6 Å². The van der Waals surface area contributed by atoms with Gasteiger partial charge >= 0.3 is 6.61 Å². The molecule has 1 radical (unpaired) electrons. The Kier molecular flexibility index (Phi) is 7.14. The molecular formula is C23H15F8O2. The maximum absolute atomic E-state index is 15.1. The van der Waals surface area contributed by atoms with Crippen LogP contribution in [0.3, 0.4) is 0 Å². The minimum atomic E-state index is -3.47. The Labute approximate surface area is 183 Å². The van der Waals surface area contributed by atoms with Crippen molar-refractivity contribution in [2.24, 2.45) is 0 Å². The van der Waals surface area contributed by atoms with Crippen LogP contribution in [0.5, 0.6) is 11.5 Å². The molecule has 0 unspecified atom stereocenters. The minimum Gasteiger partial charge on any atom is -0.429 e. The average molecular weight is 475 g/mol. The lowest BCUT2D eigenvalue weighted by molar-refractivity contribution is -0.0546. The predicted molar refractivity (Wildman–Crippen MR) is 102 cm³/mol. The van der Waals surface area contributed by atoms with Crippen molar-refractivity contribution in [1.29, 1.82) is 0 Å². The molecule has 10 heteroatoms. The van der Waals surface area contributed by atoms with Gasteiger partial charge in [-0.05, 0) is 54.7 Å². The molecule has 3 rings (SSSR count). The third kappa shape index (κ3) is 5.04. The maximum Gasteiger partial charge on any atom is 0.387 e. The van der Waals surface area contributed by atoms with Crippen LogP contribution < -0.4 is 4.74 Å². The van der Waals surface area contributed by atoms with E-state index in [1.807, 2.05) is 0 Å². The number of rotatable bonds is 7. The van der Waals surface area contributed by atoms with Crippen LogP contribution in [-0.4, -0.2) is 6.61 Å². The summed E-state index contributed by atoms with van der Waals surface area (Å²) in [5, 5.41) is 12.2. The van der Waals surface area contributed by atoms with Gasteiger partial charge in [-0.1, -0.05) is 6.92 Å². The number of aryl methyl sites for hydroxylation is 2. The predicted octanol–water partition coefficient (Wildman–Crippen LogP) is 7.28. The average Bonchev–Trinajstić information content (AvgIpc) is 2.71. The van der Waals surface area contributed by atoms with Crippen molar-refractivity contribution >= 4 is 0 Å². The van der Waals surface area contributed by atoms with Crippen LogP contribution in [0.15, 0.2) is 30.3 Å². The molecule has 0 fully saturated rings. The normalized spacial score (nSPS) is 11.3. The number of alkyl halides is 2. The van der Waals surface area contributed by atoms with Gasteiger partial charge in [-0.2, -0.15) is 8.78 Å². The van der Waals surface area contributed by atoms with Gasteiger partial charge in [0.1, 0.15) is 23.3 Å². The highest BCUT2D eigenvalue weighted by molar-refractivity contribution is 5.73. The highest BCUT2D eigenvalue weighted by Crippen LogP contribution is 2.39. The van der Waals surface area contributed by atoms with Gasteiger partial charge in [0.2, 0.25) is 0 Å². The zero-order valence-corrected chi connectivity index (χ0v) is 16.9. The zero-order chi connectivity index (χ0) is 24.4. The van der Waals surface area contributed by atoms with Crippen LogP contribution in [0.4, 0.5) is 35.1 Å². The lowest BCUT2D eigenvalue weighted by Crippen LogP contribution is -2.07. The van der Waals surface area contributed by atoms with Gasteiger partial charge in [-0.3, -0.25) is 5.11 Å². The van der Waals surface area contributed by atoms with Crippen LogP contribution >= 0.6 is 0 Å². The molecule has 3 aromatic rings. The van der Waals surface area contributed by atoms with E-state index in [9.17, 15) is 35.8 Å². The van der Waals surface area contributed by atoms with E-state index in [1.54, 1.807) is 6.92 Å². The zero-order valence-electron chi connectivity index (χ0n) is 16.9. The van der Waals surface area contributed by atoms with Gasteiger partial charge in [-0.15, -0.1) is 0 Å². The lowest BCUT2D eigenvalue weighted by Gasteiger charge is -2.14. The third-order valence-electron chi connectivity index (χ3n) is 4.97. The summed E-state index contributed by atoms with van der Waals surface area (Å²) in [6.45, 7) is -1.85. The first-order valence-corrected chi connectivity index (χ1v) is 9.62. The SMILES string of the molecule is CCc1cc(F)c(-c2c([O])cc(F)c(CCc3cc(F)c(OC(F)F)c(F)c3)c2F)c(F)c1. The number of benzene rings is 3. The Morgan fingerprint density at radius 3 is 1.79 bits per heavy atom. The molecule has 0 heterocycles. The fourth-order valence-corrected chi connectivity index (χ4v) is 3.40. The number of hydrogen-bond donors (Lipinski definition) is 0. The third-order valence-corrected chi connectivity index (χ3v) is 4.97. The topological polar surface area (TPSA) is 29.1 Å². The summed E-state index contributed by atoms with van der Waals surface area (Å²) in [6.07, 6.45) is -0.688. The second-order valence-corrected chi connectivity index (χ2v) is 7.08. The standard InChI is InChI=1S/C23H15F8O2/c1-2-10-5-14(25)19(15(26)6-10)20-18(32)9-13(24)12(21(20)29)4-3-11-7-16(27)22(17(28)8-11)33-23(30)31/h5-9,23H,2-4H2,1H3. The Bertz CT molecular complexity index is 1150. The molecule has 0 N–H and O–H groups in total. The van der Waals surface area contributed by atoms with Gasteiger partial charge in [0.05, 0.1) is 11.1 Å². The van der Waals surface area contributed by atoms with Gasteiger partial charge in [0, 0.05) is 11.6 Å². The van der Waals surface area contributed by atoms with E-state index in [0.29, 0.717) is 18.2 Å². The first-order chi connectivity index (χ1) is 15.5. The molecule has 0 aliphatic carbocycles. The molecule has 175 valence electrons. The summed E-state index contributed by atoms with van der Waals surface area (Å²) in [7, 11) is 0. The lowest BCUT2D eigenvalue weighted by atomic mass is 9.95. The van der Waals surface area contributed by atoms with Gasteiger partial charge in [0.25, 0.3) is 0 Å². The van der Waals surface area contributed by atoms with Crippen LogP contribution in [0.2, 0.25) is 0 Å². The summed E-state index contributed by atoms with van der Waals surface area (Å²) in [5.41, 5.74) is -2.62. The monoisotopic (exact) mass is 475 g/mol. The highest BCUT2D eigenvalue weighted by Gasteiger charge is 2.26. The molecule has 2 nitrogen and oxygen atoms in total. The van der Waals surface area contributed by atoms with Crippen molar-refractivity contribution in [3.05, 3.63) is 81.9 Å². The first-order valence-electron chi connectivity index (χ1n) is 9.62. The molecule has 33 heavy (non-hydrogen) atoms. The molecule has 0 spiro atoms. The Morgan fingerprint density at radius 1 is 0.727 bits per heavy atom. The van der Waals surface area contributed by atoms with E-state index >= 15 is 4.39 Å². The van der Waals surface area contributed by atoms with Crippen molar-refractivity contribution in [2.45, 2.75) is 32.8 Å². The van der Waals surface area contributed by atoms with Crippen molar-refractivity contribution in [2.75, 3.05) is 0 Å². The maximum atomic E-state index is 15.1. The molecule has 3 aromatic carbocycles. The molecule has 0 amide bonds. The van der Waals surface area contributed by atoms with Gasteiger partial charge in [-0.25, -0.2) is 26.3 Å². The summed E-state index contributed by atoms with van der Waals surface area (Å²) >= 11 is 0. The van der Waals surface area contributed by atoms with E-state index in [-0.39, 0.29) is 17.5 Å². The largest absolute Gasteiger partial charge is 0.429 e. The van der Waals surface area contributed by atoms with Crippen molar-refractivity contribution < 1.29 is 45.0 Å². The molecule has 0 aliphatic heterocycles. The molecule has 0 saturated heterocycles. The van der Waals surface area contributed by atoms with Crippen molar-refractivity contribution in [1.82, 2.24) is 0 Å². The Morgan fingerprint density at radius 2 is 1.27 bits per heavy atom. The molecule has 0 aliphatic rings. The van der Waals surface area contributed by atoms with E-state index in [2.05, 4.69) is 4.74 Å². The number of halogens is 8. The quantitative estimate of drug-likeness (QED) is 0.330. The second kappa shape index (κ2) is 9.68. The first kappa shape index (κ1) is 24.3. The fraction of sp³-hybridized carbons (Fsp3) is 0.217. The molecular weight excluding hydrogens is 460 g/mol. The number of ether oxygens (including phenoxy) is 1. The van der Waals surface area contributed by atoms with Gasteiger partial charge < -0.3 is 4.74 Å². The minimum absolute atomic E-state index is 0.164. The Hall–Kier alpha value is -3.30. The summed E-state index contributed by atoms with van der Waals surface area (Å²) < 4.78 is 114. The summed E-state index contributed by atoms with van der Waals surface area (Å²) in [5.74, 6) is -10.8. The van der Waals surface area contributed by atoms with E-state index < -0.39 is 82.5 Å². The second-order valence-electron chi connectivity index (χ2n) is 7.08. The van der Waals surface area contributed by atoms with Crippen LogP contribution in [0.25, 0.3) is 11.1 Å². The van der Waals surface area contributed by atoms with Gasteiger partial charge in [0.15, 0.2) is 23.1 Å². The number of hydrogen-bond acceptors (Lipinski definition) is 1. The van der Waals surface area contributed by atoms with Crippen LogP contribution in [0.1, 0.15) is 23.6 Å².